The summed E-state index contributed by atoms with van der Waals surface area (Å²) in [5, 5.41) is 0. The summed E-state index contributed by atoms with van der Waals surface area (Å²) in [6, 6.07) is 8.08. The molecule has 1 aliphatic rings. The summed E-state index contributed by atoms with van der Waals surface area (Å²) >= 11 is 0. The Balaban J connectivity index is 2.03. The highest BCUT2D eigenvalue weighted by Crippen LogP contribution is 2.50. The van der Waals surface area contributed by atoms with Gasteiger partial charge in [0.15, 0.2) is 0 Å². The number of nitrogens with zero attached hydrogens (tertiary/aromatic N) is 1. The fourth-order valence-corrected chi connectivity index (χ4v) is 3.13. The van der Waals surface area contributed by atoms with Crippen LogP contribution >= 0.6 is 0 Å². The Morgan fingerprint density at radius 2 is 1.90 bits per heavy atom. The lowest BCUT2D eigenvalue weighted by Crippen LogP contribution is -2.73. The molecule has 2 rings (SSSR count). The minimum atomic E-state index is -0.221. The lowest BCUT2D eigenvalue weighted by molar-refractivity contribution is -0.145. The second kappa shape index (κ2) is 5.85. The van der Waals surface area contributed by atoms with Crippen molar-refractivity contribution in [1.82, 2.24) is 0 Å². The normalized spacial score (nSPS) is 27.0. The van der Waals surface area contributed by atoms with E-state index in [4.69, 9.17) is 15.2 Å². The number of ether oxygens (including phenoxy) is 2. The van der Waals surface area contributed by atoms with Gasteiger partial charge in [-0.1, -0.05) is 13.8 Å². The molecule has 0 aliphatic heterocycles. The number of hydrogen-bond acceptors (Lipinski definition) is 4. The molecule has 1 aromatic carbocycles. The van der Waals surface area contributed by atoms with Crippen LogP contribution in [0.4, 0.5) is 5.69 Å². The molecule has 4 heteroatoms. The quantitative estimate of drug-likeness (QED) is 0.875. The van der Waals surface area contributed by atoms with Crippen LogP contribution in [0, 0.1) is 5.41 Å². The molecule has 1 fully saturated rings. The van der Waals surface area contributed by atoms with Crippen LogP contribution in [-0.4, -0.2) is 39.0 Å². The van der Waals surface area contributed by atoms with Crippen LogP contribution in [0.25, 0.3) is 0 Å². The van der Waals surface area contributed by atoms with Gasteiger partial charge in [-0.05, 0) is 37.6 Å². The average molecular weight is 292 g/mol. The summed E-state index contributed by atoms with van der Waals surface area (Å²) in [5.74, 6) is 0.870. The molecule has 1 aliphatic carbocycles. The highest BCUT2D eigenvalue weighted by atomic mass is 16.5. The molecule has 118 valence electrons. The number of benzene rings is 1. The van der Waals surface area contributed by atoms with Gasteiger partial charge >= 0.3 is 0 Å². The SMILES string of the molecule is CCOC1CC(N)(CN(C)c2ccc(OC)cc2)C1(C)C. The van der Waals surface area contributed by atoms with Gasteiger partial charge in [-0.25, -0.2) is 0 Å². The molecule has 2 atom stereocenters. The fourth-order valence-electron chi connectivity index (χ4n) is 3.13. The number of anilines is 1. The molecular formula is C17H28N2O2. The van der Waals surface area contributed by atoms with Gasteiger partial charge in [0.2, 0.25) is 0 Å². The predicted molar refractivity (Wildman–Crippen MR) is 87.0 cm³/mol. The Hall–Kier alpha value is -1.26. The average Bonchev–Trinajstić information content (AvgIpc) is 2.47. The molecule has 21 heavy (non-hydrogen) atoms. The second-order valence-electron chi connectivity index (χ2n) is 6.58. The van der Waals surface area contributed by atoms with Gasteiger partial charge in [0, 0.05) is 36.8 Å². The fraction of sp³-hybridized carbons (Fsp3) is 0.647. The Bertz CT molecular complexity index is 472. The molecule has 0 amide bonds. The molecule has 0 heterocycles. The van der Waals surface area contributed by atoms with Crippen molar-refractivity contribution < 1.29 is 9.47 Å². The first-order chi connectivity index (χ1) is 9.84. The van der Waals surface area contributed by atoms with E-state index in [1.807, 2.05) is 19.1 Å². The zero-order valence-electron chi connectivity index (χ0n) is 13.8. The third-order valence-corrected chi connectivity index (χ3v) is 5.04. The van der Waals surface area contributed by atoms with Crippen LogP contribution in [0.5, 0.6) is 5.75 Å². The molecule has 4 nitrogen and oxygen atoms in total. The number of methoxy groups -OCH3 is 1. The summed E-state index contributed by atoms with van der Waals surface area (Å²) in [6.45, 7) is 8.02. The molecule has 1 aromatic rings. The minimum Gasteiger partial charge on any atom is -0.497 e. The first-order valence-corrected chi connectivity index (χ1v) is 7.59. The Kier molecular flexibility index (Phi) is 4.49. The standard InChI is InChI=1S/C17H28N2O2/c1-6-21-15-11-17(18,16(15,2)3)12-19(4)13-7-9-14(20-5)10-8-13/h7-10,15H,6,11-12,18H2,1-5H3. The summed E-state index contributed by atoms with van der Waals surface area (Å²) in [5.41, 5.74) is 7.57. The highest BCUT2D eigenvalue weighted by molar-refractivity contribution is 5.49. The van der Waals surface area contributed by atoms with Crippen molar-refractivity contribution in [3.8, 4) is 5.75 Å². The van der Waals surface area contributed by atoms with Crippen molar-refractivity contribution in [2.75, 3.05) is 32.2 Å². The first kappa shape index (κ1) is 16.1. The topological polar surface area (TPSA) is 47.7 Å². The van der Waals surface area contributed by atoms with E-state index in [1.165, 1.54) is 0 Å². The predicted octanol–water partition coefficient (Wildman–Crippen LogP) is 2.66. The van der Waals surface area contributed by atoms with Crippen LogP contribution in [-0.2, 0) is 4.74 Å². The van der Waals surface area contributed by atoms with E-state index in [2.05, 4.69) is 37.9 Å². The van der Waals surface area contributed by atoms with Gasteiger partial charge < -0.3 is 20.1 Å². The molecule has 0 aromatic heterocycles. The lowest BCUT2D eigenvalue weighted by Gasteiger charge is -2.60. The van der Waals surface area contributed by atoms with Crippen LogP contribution in [0.2, 0.25) is 0 Å². The lowest BCUT2D eigenvalue weighted by atomic mass is 9.54. The number of rotatable bonds is 6. The molecule has 2 unspecified atom stereocenters. The van der Waals surface area contributed by atoms with Crippen LogP contribution in [0.15, 0.2) is 24.3 Å². The number of nitrogens with two attached hydrogens (primary N) is 1. The van der Waals surface area contributed by atoms with Gasteiger partial charge in [-0.2, -0.15) is 0 Å². The molecular weight excluding hydrogens is 264 g/mol. The van der Waals surface area contributed by atoms with Crippen molar-refractivity contribution in [1.29, 1.82) is 0 Å². The van der Waals surface area contributed by atoms with Crippen molar-refractivity contribution in [2.45, 2.75) is 38.8 Å². The van der Waals surface area contributed by atoms with Gasteiger partial charge in [0.1, 0.15) is 5.75 Å². The number of likely N-dealkylation sites (N-methyl/N-ethyl adjacent to an activating group) is 1. The van der Waals surface area contributed by atoms with Crippen molar-refractivity contribution >= 4 is 5.69 Å². The monoisotopic (exact) mass is 292 g/mol. The van der Waals surface area contributed by atoms with Gasteiger partial charge in [-0.15, -0.1) is 0 Å². The van der Waals surface area contributed by atoms with Crippen molar-refractivity contribution in [3.05, 3.63) is 24.3 Å². The van der Waals surface area contributed by atoms with E-state index in [0.29, 0.717) is 0 Å². The molecule has 2 N–H and O–H groups in total. The Labute approximate surface area is 128 Å². The van der Waals surface area contributed by atoms with E-state index in [-0.39, 0.29) is 17.1 Å². The van der Waals surface area contributed by atoms with Crippen molar-refractivity contribution in [2.24, 2.45) is 11.1 Å². The number of hydrogen-bond donors (Lipinski definition) is 1. The Morgan fingerprint density at radius 3 is 2.38 bits per heavy atom. The summed E-state index contributed by atoms with van der Waals surface area (Å²) in [4.78, 5) is 2.21. The summed E-state index contributed by atoms with van der Waals surface area (Å²) in [7, 11) is 3.76. The van der Waals surface area contributed by atoms with Crippen LogP contribution in [0.1, 0.15) is 27.2 Å². The Morgan fingerprint density at radius 1 is 1.29 bits per heavy atom. The second-order valence-corrected chi connectivity index (χ2v) is 6.58. The zero-order chi connectivity index (χ0) is 15.7. The van der Waals surface area contributed by atoms with Crippen LogP contribution in [0.3, 0.4) is 0 Å². The molecule has 0 spiro atoms. The van der Waals surface area contributed by atoms with Crippen LogP contribution < -0.4 is 15.4 Å². The third-order valence-electron chi connectivity index (χ3n) is 5.04. The van der Waals surface area contributed by atoms with E-state index < -0.39 is 0 Å². The third kappa shape index (κ3) is 2.87. The maximum atomic E-state index is 6.65. The molecule has 0 bridgehead atoms. The first-order valence-electron chi connectivity index (χ1n) is 7.59. The smallest absolute Gasteiger partial charge is 0.119 e. The molecule has 0 saturated heterocycles. The minimum absolute atomic E-state index is 0.0102. The van der Waals surface area contributed by atoms with Gasteiger partial charge in [-0.3, -0.25) is 0 Å². The largest absolute Gasteiger partial charge is 0.497 e. The summed E-state index contributed by atoms with van der Waals surface area (Å²) < 4.78 is 11.0. The van der Waals surface area contributed by atoms with E-state index in [1.54, 1.807) is 7.11 Å². The van der Waals surface area contributed by atoms with Gasteiger partial charge in [0.05, 0.1) is 13.2 Å². The van der Waals surface area contributed by atoms with E-state index >= 15 is 0 Å². The summed E-state index contributed by atoms with van der Waals surface area (Å²) in [6.07, 6.45) is 1.17. The molecule has 0 radical (unpaired) electrons. The zero-order valence-corrected chi connectivity index (χ0v) is 13.8. The maximum absolute atomic E-state index is 6.65. The van der Waals surface area contributed by atoms with Crippen molar-refractivity contribution in [3.63, 3.8) is 0 Å². The maximum Gasteiger partial charge on any atom is 0.119 e. The highest BCUT2D eigenvalue weighted by Gasteiger charge is 2.58. The molecule has 1 saturated carbocycles. The van der Waals surface area contributed by atoms with E-state index in [0.717, 1.165) is 31.0 Å². The van der Waals surface area contributed by atoms with Gasteiger partial charge in [0.25, 0.3) is 0 Å². The van der Waals surface area contributed by atoms with E-state index in [9.17, 15) is 0 Å².